The molecule has 0 aliphatic heterocycles. The quantitative estimate of drug-likeness (QED) is 0.412. The van der Waals surface area contributed by atoms with Gasteiger partial charge in [0.05, 0.1) is 24.6 Å². The Hall–Kier alpha value is -3.29. The summed E-state index contributed by atoms with van der Waals surface area (Å²) < 4.78 is 15.8. The molecule has 144 valence electrons. The number of methoxy groups -OCH3 is 1. The van der Waals surface area contributed by atoms with Crippen molar-refractivity contribution in [2.75, 3.05) is 26.9 Å². The molecular weight excluding hydrogens is 352 g/mol. The summed E-state index contributed by atoms with van der Waals surface area (Å²) in [6.07, 6.45) is 0. The van der Waals surface area contributed by atoms with Crippen molar-refractivity contribution < 1.29 is 23.9 Å². The summed E-state index contributed by atoms with van der Waals surface area (Å²) in [6, 6.07) is 10.0. The summed E-state index contributed by atoms with van der Waals surface area (Å²) >= 11 is 0. The molecule has 0 aliphatic rings. The van der Waals surface area contributed by atoms with Gasteiger partial charge < -0.3 is 19.5 Å². The molecule has 0 fully saturated rings. The summed E-state index contributed by atoms with van der Waals surface area (Å²) in [5.74, 6) is 0.703. The van der Waals surface area contributed by atoms with Crippen molar-refractivity contribution in [1.29, 1.82) is 0 Å². The first-order valence-electron chi connectivity index (χ1n) is 8.32. The molecule has 0 saturated carbocycles. The topological polar surface area (TPSA) is 99.9 Å². The maximum atomic E-state index is 11.9. The van der Waals surface area contributed by atoms with Gasteiger partial charge in [-0.25, -0.2) is 0 Å². The number of carbonyl (C=O) groups excluding carboxylic acids is 1. The van der Waals surface area contributed by atoms with Gasteiger partial charge in [-0.1, -0.05) is 17.7 Å². The van der Waals surface area contributed by atoms with E-state index >= 15 is 0 Å². The predicted molar refractivity (Wildman–Crippen MR) is 99.6 cm³/mol. The molecule has 2 aromatic carbocycles. The molecule has 0 atom stereocenters. The van der Waals surface area contributed by atoms with E-state index in [-0.39, 0.29) is 18.0 Å². The molecule has 8 nitrogen and oxygen atoms in total. The molecule has 0 unspecified atom stereocenters. The van der Waals surface area contributed by atoms with Crippen LogP contribution in [0.15, 0.2) is 36.4 Å². The van der Waals surface area contributed by atoms with Crippen molar-refractivity contribution in [3.05, 3.63) is 57.6 Å². The second-order valence-electron chi connectivity index (χ2n) is 5.85. The van der Waals surface area contributed by atoms with Crippen LogP contribution >= 0.6 is 0 Å². The molecule has 0 radical (unpaired) electrons. The molecule has 0 bridgehead atoms. The second-order valence-corrected chi connectivity index (χ2v) is 5.85. The van der Waals surface area contributed by atoms with Gasteiger partial charge in [0, 0.05) is 0 Å². The van der Waals surface area contributed by atoms with Crippen molar-refractivity contribution in [3.8, 4) is 17.2 Å². The zero-order chi connectivity index (χ0) is 19.8. The third-order valence-corrected chi connectivity index (χ3v) is 3.73. The van der Waals surface area contributed by atoms with E-state index < -0.39 is 10.8 Å². The van der Waals surface area contributed by atoms with E-state index in [1.807, 2.05) is 32.0 Å². The fourth-order valence-corrected chi connectivity index (χ4v) is 2.40. The van der Waals surface area contributed by atoms with E-state index in [0.717, 1.165) is 16.9 Å². The maximum absolute atomic E-state index is 11.9. The van der Waals surface area contributed by atoms with E-state index in [2.05, 4.69) is 5.32 Å². The van der Waals surface area contributed by atoms with E-state index in [9.17, 15) is 14.9 Å². The minimum atomic E-state index is -0.590. The second kappa shape index (κ2) is 9.42. The monoisotopic (exact) mass is 374 g/mol. The van der Waals surface area contributed by atoms with Gasteiger partial charge >= 0.3 is 5.69 Å². The van der Waals surface area contributed by atoms with E-state index in [1.54, 1.807) is 0 Å². The number of rotatable bonds is 9. The molecule has 1 N–H and O–H groups in total. The zero-order valence-corrected chi connectivity index (χ0v) is 15.5. The molecule has 0 spiro atoms. The third-order valence-electron chi connectivity index (χ3n) is 3.73. The number of nitrogens with zero attached hydrogens (tertiary/aromatic N) is 1. The predicted octanol–water partition coefficient (Wildman–Crippen LogP) is 2.79. The van der Waals surface area contributed by atoms with Gasteiger partial charge in [-0.05, 0) is 37.6 Å². The molecule has 0 saturated heterocycles. The summed E-state index contributed by atoms with van der Waals surface area (Å²) in [7, 11) is 1.41. The number of aryl methyl sites for hydroxylation is 2. The Labute approximate surface area is 157 Å². The van der Waals surface area contributed by atoms with Crippen LogP contribution in [0.4, 0.5) is 5.69 Å². The number of benzene rings is 2. The van der Waals surface area contributed by atoms with Crippen LogP contribution in [0.25, 0.3) is 0 Å². The molecule has 0 aromatic heterocycles. The van der Waals surface area contributed by atoms with Gasteiger partial charge in [0.25, 0.3) is 5.91 Å². The van der Waals surface area contributed by atoms with Crippen LogP contribution in [-0.2, 0) is 4.79 Å². The van der Waals surface area contributed by atoms with Crippen molar-refractivity contribution >= 4 is 11.6 Å². The lowest BCUT2D eigenvalue weighted by atomic mass is 10.1. The van der Waals surface area contributed by atoms with Gasteiger partial charge in [-0.2, -0.15) is 0 Å². The SMILES string of the molecule is COc1ccc(OCC(=O)NCCOc2ccc(C)cc2C)c([N+](=O)[O-])c1. The fraction of sp³-hybridized carbons (Fsp3) is 0.316. The number of ether oxygens (including phenoxy) is 3. The Balaban J connectivity index is 1.79. The first-order chi connectivity index (χ1) is 12.9. The van der Waals surface area contributed by atoms with Gasteiger partial charge in [0.15, 0.2) is 12.4 Å². The average molecular weight is 374 g/mol. The number of hydrogen-bond donors (Lipinski definition) is 1. The highest BCUT2D eigenvalue weighted by molar-refractivity contribution is 5.77. The first-order valence-corrected chi connectivity index (χ1v) is 8.32. The van der Waals surface area contributed by atoms with E-state index in [1.165, 1.54) is 25.3 Å². The zero-order valence-electron chi connectivity index (χ0n) is 15.5. The molecule has 2 rings (SSSR count). The summed E-state index contributed by atoms with van der Waals surface area (Å²) in [4.78, 5) is 22.3. The van der Waals surface area contributed by atoms with Gasteiger partial charge in [0.2, 0.25) is 0 Å². The van der Waals surface area contributed by atoms with Crippen LogP contribution in [0.1, 0.15) is 11.1 Å². The number of hydrogen-bond acceptors (Lipinski definition) is 6. The summed E-state index contributed by atoms with van der Waals surface area (Å²) in [5, 5.41) is 13.7. The molecule has 1 amide bonds. The number of carbonyl (C=O) groups is 1. The molecule has 0 aliphatic carbocycles. The van der Waals surface area contributed by atoms with Gasteiger partial charge in [-0.15, -0.1) is 0 Å². The van der Waals surface area contributed by atoms with Gasteiger partial charge in [0.1, 0.15) is 18.1 Å². The Bertz CT molecular complexity index is 822. The van der Waals surface area contributed by atoms with E-state index in [0.29, 0.717) is 18.9 Å². The fourth-order valence-electron chi connectivity index (χ4n) is 2.40. The van der Waals surface area contributed by atoms with E-state index in [4.69, 9.17) is 14.2 Å². The Morgan fingerprint density at radius 2 is 1.85 bits per heavy atom. The number of nitrogens with one attached hydrogen (secondary N) is 1. The van der Waals surface area contributed by atoms with Gasteiger partial charge in [-0.3, -0.25) is 14.9 Å². The third kappa shape index (κ3) is 5.88. The summed E-state index contributed by atoms with van der Waals surface area (Å²) in [5.41, 5.74) is 1.91. The molecular formula is C19H22N2O6. The lowest BCUT2D eigenvalue weighted by Crippen LogP contribution is -2.32. The lowest BCUT2D eigenvalue weighted by Gasteiger charge is -2.11. The average Bonchev–Trinajstić information content (AvgIpc) is 2.64. The first kappa shape index (κ1) is 20.0. The van der Waals surface area contributed by atoms with Crippen LogP contribution in [0.3, 0.4) is 0 Å². The minimum Gasteiger partial charge on any atom is -0.496 e. The van der Waals surface area contributed by atoms with Crippen LogP contribution in [0.2, 0.25) is 0 Å². The van der Waals surface area contributed by atoms with Crippen molar-refractivity contribution in [3.63, 3.8) is 0 Å². The van der Waals surface area contributed by atoms with Crippen LogP contribution < -0.4 is 19.5 Å². The van der Waals surface area contributed by atoms with Crippen LogP contribution in [0.5, 0.6) is 17.2 Å². The van der Waals surface area contributed by atoms with Crippen LogP contribution in [-0.4, -0.2) is 37.7 Å². The van der Waals surface area contributed by atoms with Crippen molar-refractivity contribution in [2.24, 2.45) is 0 Å². The molecule has 8 heteroatoms. The largest absolute Gasteiger partial charge is 0.496 e. The molecule has 0 heterocycles. The standard InChI is InChI=1S/C19H22N2O6/c1-13-4-6-17(14(2)10-13)26-9-8-20-19(22)12-27-18-7-5-15(25-3)11-16(18)21(23)24/h4-7,10-11H,8-9,12H2,1-3H3,(H,20,22). The van der Waals surface area contributed by atoms with Crippen molar-refractivity contribution in [2.45, 2.75) is 13.8 Å². The highest BCUT2D eigenvalue weighted by Crippen LogP contribution is 2.30. The molecule has 27 heavy (non-hydrogen) atoms. The highest BCUT2D eigenvalue weighted by atomic mass is 16.6. The minimum absolute atomic E-state index is 0.00230. The highest BCUT2D eigenvalue weighted by Gasteiger charge is 2.17. The Kier molecular flexibility index (Phi) is 6.99. The molecule has 2 aromatic rings. The Morgan fingerprint density at radius 1 is 1.11 bits per heavy atom. The smallest absolute Gasteiger partial charge is 0.314 e. The lowest BCUT2D eigenvalue weighted by molar-refractivity contribution is -0.385. The maximum Gasteiger partial charge on any atom is 0.314 e. The summed E-state index contributed by atoms with van der Waals surface area (Å²) in [6.45, 7) is 4.22. The number of nitro groups is 1. The van der Waals surface area contributed by atoms with Crippen LogP contribution in [0, 0.1) is 24.0 Å². The Morgan fingerprint density at radius 3 is 2.52 bits per heavy atom. The van der Waals surface area contributed by atoms with Crippen molar-refractivity contribution in [1.82, 2.24) is 5.32 Å². The number of amides is 1. The number of nitro benzene ring substituents is 1. The normalized spacial score (nSPS) is 10.2.